The second kappa shape index (κ2) is 6.27. The second-order valence-corrected chi connectivity index (χ2v) is 1.62. The molecule has 1 rings (SSSR count). The summed E-state index contributed by atoms with van der Waals surface area (Å²) in [6.07, 6.45) is 4.65. The first-order chi connectivity index (χ1) is 5.88. The minimum absolute atomic E-state index is 0.602. The van der Waals surface area contributed by atoms with E-state index in [2.05, 4.69) is 21.5 Å². The number of rotatable bonds is 1. The number of nitrogens with zero attached hydrogens (tertiary/aromatic N) is 4. The van der Waals surface area contributed by atoms with E-state index >= 15 is 0 Å². The van der Waals surface area contributed by atoms with Crippen LogP contribution in [-0.2, 0) is 0 Å². The summed E-state index contributed by atoms with van der Waals surface area (Å²) in [5.74, 6) is 0. The van der Waals surface area contributed by atoms with E-state index in [0.717, 1.165) is 0 Å². The lowest BCUT2D eigenvalue weighted by Gasteiger charge is -1.94. The summed E-state index contributed by atoms with van der Waals surface area (Å²) in [5.41, 5.74) is 0.602. The van der Waals surface area contributed by atoms with Crippen LogP contribution in [0.25, 0.3) is 6.20 Å². The molecule has 0 spiro atoms. The highest BCUT2D eigenvalue weighted by atomic mass is 15.1. The van der Waals surface area contributed by atoms with Crippen LogP contribution in [-0.4, -0.2) is 21.6 Å². The average molecular weight is 166 g/mol. The zero-order chi connectivity index (χ0) is 9.40. The highest BCUT2D eigenvalue weighted by molar-refractivity contribution is 5.12. The molecule has 0 aliphatic rings. The summed E-state index contributed by atoms with van der Waals surface area (Å²) < 4.78 is 1.64. The average Bonchev–Trinajstić information content (AvgIpc) is 2.20. The molecule has 1 heterocycles. The van der Waals surface area contributed by atoms with Crippen LogP contribution in [0.15, 0.2) is 24.2 Å². The van der Waals surface area contributed by atoms with Crippen molar-refractivity contribution in [1.29, 1.82) is 0 Å². The van der Waals surface area contributed by atoms with Crippen molar-refractivity contribution in [2.24, 2.45) is 4.99 Å². The van der Waals surface area contributed by atoms with E-state index in [9.17, 15) is 0 Å². The predicted molar refractivity (Wildman–Crippen MR) is 49.2 cm³/mol. The van der Waals surface area contributed by atoms with Crippen LogP contribution < -0.4 is 5.62 Å². The van der Waals surface area contributed by atoms with Crippen molar-refractivity contribution in [3.05, 3.63) is 24.9 Å². The molecule has 0 fully saturated rings. The monoisotopic (exact) mass is 166 g/mol. The molecule has 1 aromatic heterocycles. The van der Waals surface area contributed by atoms with Crippen molar-refractivity contribution >= 4 is 6.20 Å². The van der Waals surface area contributed by atoms with Crippen LogP contribution in [0.4, 0.5) is 0 Å². The highest BCUT2D eigenvalue weighted by Crippen LogP contribution is 1.71. The molecular formula is C8H14N4. The molecular weight excluding hydrogens is 152 g/mol. The fraction of sp³-hybridized carbons (Fsp3) is 0.375. The van der Waals surface area contributed by atoms with Gasteiger partial charge in [0, 0.05) is 13.2 Å². The van der Waals surface area contributed by atoms with E-state index in [1.54, 1.807) is 24.1 Å². The topological polar surface area (TPSA) is 43.1 Å². The Labute approximate surface area is 72.3 Å². The van der Waals surface area contributed by atoms with E-state index in [1.165, 1.54) is 6.33 Å². The van der Waals surface area contributed by atoms with Crippen molar-refractivity contribution < 1.29 is 0 Å². The normalized spacial score (nSPS) is 10.1. The van der Waals surface area contributed by atoms with Gasteiger partial charge in [0.25, 0.3) is 0 Å². The van der Waals surface area contributed by atoms with Gasteiger partial charge in [-0.3, -0.25) is 9.56 Å². The van der Waals surface area contributed by atoms with Gasteiger partial charge in [0.05, 0.1) is 0 Å². The minimum atomic E-state index is 0.602. The summed E-state index contributed by atoms with van der Waals surface area (Å²) in [5, 5.41) is 0. The van der Waals surface area contributed by atoms with Crippen LogP contribution in [0.3, 0.4) is 0 Å². The van der Waals surface area contributed by atoms with Crippen molar-refractivity contribution in [3.63, 3.8) is 0 Å². The first-order valence-electron chi connectivity index (χ1n) is 3.82. The molecule has 0 unspecified atom stereocenters. The van der Waals surface area contributed by atoms with E-state index in [-0.39, 0.29) is 0 Å². The Balaban J connectivity index is 0.000000561. The molecule has 0 aromatic carbocycles. The van der Waals surface area contributed by atoms with Crippen LogP contribution in [0.5, 0.6) is 0 Å². The van der Waals surface area contributed by atoms with Gasteiger partial charge in [-0.15, -0.1) is 0 Å². The van der Waals surface area contributed by atoms with E-state index in [0.29, 0.717) is 5.62 Å². The van der Waals surface area contributed by atoms with E-state index in [4.69, 9.17) is 0 Å². The third-order valence-electron chi connectivity index (χ3n) is 1.06. The van der Waals surface area contributed by atoms with Crippen molar-refractivity contribution in [2.45, 2.75) is 13.8 Å². The summed E-state index contributed by atoms with van der Waals surface area (Å²) in [7, 11) is 1.67. The molecule has 0 aliphatic heterocycles. The lowest BCUT2D eigenvalue weighted by molar-refractivity contribution is 0.850. The molecule has 0 atom stereocenters. The van der Waals surface area contributed by atoms with Crippen LogP contribution in [0, 0.1) is 0 Å². The Morgan fingerprint density at radius 1 is 1.58 bits per heavy atom. The SMILES string of the molecule is C=Cn1cncnc1=NC.CC. The molecule has 66 valence electrons. The molecule has 1 aromatic rings. The standard InChI is InChI=1S/C6H8N4.C2H6/c1-3-10-5-8-4-9-6(10)7-2;1-2/h3-5H,1H2,2H3;1-2H3. The maximum Gasteiger partial charge on any atom is 0.231 e. The van der Waals surface area contributed by atoms with Gasteiger partial charge in [-0.05, 0) is 0 Å². The molecule has 0 aliphatic carbocycles. The van der Waals surface area contributed by atoms with Crippen molar-refractivity contribution in [2.75, 3.05) is 7.05 Å². The Hall–Kier alpha value is -1.45. The maximum absolute atomic E-state index is 3.88. The van der Waals surface area contributed by atoms with Crippen LogP contribution in [0.1, 0.15) is 13.8 Å². The van der Waals surface area contributed by atoms with Crippen LogP contribution in [0.2, 0.25) is 0 Å². The Morgan fingerprint density at radius 2 is 2.25 bits per heavy atom. The second-order valence-electron chi connectivity index (χ2n) is 1.62. The fourth-order valence-corrected chi connectivity index (χ4v) is 0.607. The molecule has 0 radical (unpaired) electrons. The quantitative estimate of drug-likeness (QED) is 0.623. The Morgan fingerprint density at radius 3 is 2.67 bits per heavy atom. The number of aromatic nitrogens is 3. The van der Waals surface area contributed by atoms with Crippen molar-refractivity contribution in [1.82, 2.24) is 14.5 Å². The molecule has 0 saturated carbocycles. The lowest BCUT2D eigenvalue weighted by atomic mass is 10.8. The Bertz CT molecular complexity index is 287. The predicted octanol–water partition coefficient (Wildman–Crippen LogP) is 0.935. The first kappa shape index (κ1) is 10.6. The van der Waals surface area contributed by atoms with E-state index in [1.807, 2.05) is 13.8 Å². The fourth-order valence-electron chi connectivity index (χ4n) is 0.607. The summed E-state index contributed by atoms with van der Waals surface area (Å²) >= 11 is 0. The Kier molecular flexibility index (Phi) is 5.51. The summed E-state index contributed by atoms with van der Waals surface area (Å²) in [6.45, 7) is 7.56. The smallest absolute Gasteiger partial charge is 0.231 e. The molecule has 0 amide bonds. The minimum Gasteiger partial charge on any atom is -0.277 e. The van der Waals surface area contributed by atoms with E-state index < -0.39 is 0 Å². The van der Waals surface area contributed by atoms with Gasteiger partial charge in [0.1, 0.15) is 12.7 Å². The molecule has 4 nitrogen and oxygen atoms in total. The van der Waals surface area contributed by atoms with Gasteiger partial charge in [0.15, 0.2) is 0 Å². The largest absolute Gasteiger partial charge is 0.277 e. The zero-order valence-corrected chi connectivity index (χ0v) is 7.73. The van der Waals surface area contributed by atoms with Gasteiger partial charge < -0.3 is 0 Å². The van der Waals surface area contributed by atoms with Gasteiger partial charge in [-0.2, -0.15) is 0 Å². The van der Waals surface area contributed by atoms with Gasteiger partial charge >= 0.3 is 0 Å². The summed E-state index contributed by atoms with van der Waals surface area (Å²) in [4.78, 5) is 11.5. The van der Waals surface area contributed by atoms with Gasteiger partial charge in [-0.1, -0.05) is 20.4 Å². The first-order valence-corrected chi connectivity index (χ1v) is 3.82. The number of hydrogen-bond donors (Lipinski definition) is 0. The number of hydrogen-bond acceptors (Lipinski definition) is 3. The summed E-state index contributed by atoms with van der Waals surface area (Å²) in [6, 6.07) is 0. The van der Waals surface area contributed by atoms with Gasteiger partial charge in [0.2, 0.25) is 5.62 Å². The van der Waals surface area contributed by atoms with Crippen LogP contribution >= 0.6 is 0 Å². The zero-order valence-electron chi connectivity index (χ0n) is 7.73. The molecule has 4 heteroatoms. The third kappa shape index (κ3) is 2.65. The maximum atomic E-state index is 3.88. The lowest BCUT2D eigenvalue weighted by Crippen LogP contribution is -2.19. The highest BCUT2D eigenvalue weighted by Gasteiger charge is 1.83. The third-order valence-corrected chi connectivity index (χ3v) is 1.06. The molecule has 12 heavy (non-hydrogen) atoms. The molecule has 0 N–H and O–H groups in total. The molecule has 0 bridgehead atoms. The van der Waals surface area contributed by atoms with Gasteiger partial charge in [-0.25, -0.2) is 9.97 Å². The molecule has 0 saturated heterocycles. The van der Waals surface area contributed by atoms with Crippen molar-refractivity contribution in [3.8, 4) is 0 Å².